The Morgan fingerprint density at radius 2 is 1.61 bits per heavy atom. The first-order chi connectivity index (χ1) is 11.0. The van der Waals surface area contributed by atoms with E-state index in [4.69, 9.17) is 0 Å². The molecule has 4 nitrogen and oxygen atoms in total. The number of likely N-dealkylation sites (N-methyl/N-ethyl adjacent to an activating group) is 1. The highest BCUT2D eigenvalue weighted by molar-refractivity contribution is 9.10. The lowest BCUT2D eigenvalue weighted by Crippen LogP contribution is -2.34. The fourth-order valence-electron chi connectivity index (χ4n) is 1.90. The largest absolute Gasteiger partial charge is 0.344 e. The van der Waals surface area contributed by atoms with Crippen LogP contribution in [0.3, 0.4) is 0 Å². The molecule has 0 atom stereocenters. The monoisotopic (exact) mass is 372 g/mol. The third kappa shape index (κ3) is 4.79. The first kappa shape index (κ1) is 17.0. The summed E-state index contributed by atoms with van der Waals surface area (Å²) in [6.07, 6.45) is 1.66. The second kappa shape index (κ2) is 7.74. The molecule has 0 saturated carbocycles. The smallest absolute Gasteiger partial charge is 0.269 e. The summed E-state index contributed by atoms with van der Waals surface area (Å²) in [5, 5.41) is 2.70. The number of halogens is 1. The fourth-order valence-corrected chi connectivity index (χ4v) is 2.17. The van der Waals surface area contributed by atoms with E-state index in [1.165, 1.54) is 4.90 Å². The lowest BCUT2D eigenvalue weighted by molar-refractivity contribution is -0.124. The summed E-state index contributed by atoms with van der Waals surface area (Å²) in [6.45, 7) is 0. The van der Waals surface area contributed by atoms with E-state index in [1.54, 1.807) is 44.4 Å². The predicted molar refractivity (Wildman–Crippen MR) is 94.7 cm³/mol. The van der Waals surface area contributed by atoms with Gasteiger partial charge in [0.15, 0.2) is 0 Å². The summed E-state index contributed by atoms with van der Waals surface area (Å²) in [7, 11) is 3.29. The molecule has 2 aromatic rings. The van der Waals surface area contributed by atoms with Gasteiger partial charge in [-0.25, -0.2) is 0 Å². The van der Waals surface area contributed by atoms with Crippen LogP contribution >= 0.6 is 15.9 Å². The number of nitrogens with zero attached hydrogens (tertiary/aromatic N) is 1. The van der Waals surface area contributed by atoms with Gasteiger partial charge in [-0.15, -0.1) is 0 Å². The molecule has 118 valence electrons. The van der Waals surface area contributed by atoms with Crippen LogP contribution < -0.4 is 5.32 Å². The van der Waals surface area contributed by atoms with Crippen molar-refractivity contribution >= 4 is 33.8 Å². The van der Waals surface area contributed by atoms with Gasteiger partial charge in [0.25, 0.3) is 11.8 Å². The highest BCUT2D eigenvalue weighted by atomic mass is 79.9. The van der Waals surface area contributed by atoms with Crippen molar-refractivity contribution in [2.45, 2.75) is 0 Å². The molecule has 0 spiro atoms. The second-order valence-electron chi connectivity index (χ2n) is 5.13. The number of rotatable bonds is 4. The van der Waals surface area contributed by atoms with Crippen LogP contribution in [0.25, 0.3) is 6.08 Å². The molecular weight excluding hydrogens is 356 g/mol. The molecule has 1 N–H and O–H groups in total. The Balaban J connectivity index is 2.29. The maximum atomic E-state index is 12.3. The van der Waals surface area contributed by atoms with Crippen LogP contribution in [0.1, 0.15) is 15.9 Å². The Labute approximate surface area is 143 Å². The second-order valence-corrected chi connectivity index (χ2v) is 6.04. The Hall–Kier alpha value is -2.40. The van der Waals surface area contributed by atoms with E-state index in [0.29, 0.717) is 5.56 Å². The SMILES string of the molecule is CN(C)C(=O)C(=Cc1ccc(Br)cc1)NC(=O)c1ccccc1. The molecule has 2 aromatic carbocycles. The van der Waals surface area contributed by atoms with Crippen molar-refractivity contribution < 1.29 is 9.59 Å². The van der Waals surface area contributed by atoms with Crippen LogP contribution in [-0.2, 0) is 4.79 Å². The van der Waals surface area contributed by atoms with Crippen molar-refractivity contribution in [1.82, 2.24) is 10.2 Å². The van der Waals surface area contributed by atoms with Gasteiger partial charge in [0.05, 0.1) is 0 Å². The number of benzene rings is 2. The van der Waals surface area contributed by atoms with Crippen LogP contribution in [0.5, 0.6) is 0 Å². The minimum absolute atomic E-state index is 0.228. The lowest BCUT2D eigenvalue weighted by Gasteiger charge is -2.15. The van der Waals surface area contributed by atoms with Gasteiger partial charge in [0.2, 0.25) is 0 Å². The topological polar surface area (TPSA) is 49.4 Å². The van der Waals surface area contributed by atoms with Crippen LogP contribution in [0.4, 0.5) is 0 Å². The highest BCUT2D eigenvalue weighted by Crippen LogP contribution is 2.13. The van der Waals surface area contributed by atoms with Crippen LogP contribution in [0.15, 0.2) is 64.8 Å². The average Bonchev–Trinajstić information content (AvgIpc) is 2.56. The number of carbonyl (C=O) groups excluding carboxylic acids is 2. The Morgan fingerprint density at radius 3 is 2.17 bits per heavy atom. The minimum atomic E-state index is -0.316. The molecule has 0 bridgehead atoms. The molecule has 0 radical (unpaired) electrons. The van der Waals surface area contributed by atoms with E-state index in [2.05, 4.69) is 21.2 Å². The first-order valence-electron chi connectivity index (χ1n) is 7.02. The van der Waals surface area contributed by atoms with Crippen molar-refractivity contribution in [3.8, 4) is 0 Å². The molecule has 0 aliphatic rings. The van der Waals surface area contributed by atoms with Gasteiger partial charge in [-0.2, -0.15) is 0 Å². The zero-order valence-electron chi connectivity index (χ0n) is 12.9. The van der Waals surface area contributed by atoms with E-state index in [9.17, 15) is 9.59 Å². The predicted octanol–water partition coefficient (Wildman–Crippen LogP) is 3.31. The molecule has 0 aliphatic carbocycles. The fraction of sp³-hybridized carbons (Fsp3) is 0.111. The molecule has 0 aromatic heterocycles. The molecule has 0 heterocycles. The first-order valence-corrected chi connectivity index (χ1v) is 7.82. The lowest BCUT2D eigenvalue weighted by atomic mass is 10.1. The molecule has 23 heavy (non-hydrogen) atoms. The molecule has 0 unspecified atom stereocenters. The van der Waals surface area contributed by atoms with E-state index in [0.717, 1.165) is 10.0 Å². The van der Waals surface area contributed by atoms with Crippen molar-refractivity contribution in [2.24, 2.45) is 0 Å². The summed E-state index contributed by atoms with van der Waals surface area (Å²) in [5.41, 5.74) is 1.55. The molecular formula is C18H17BrN2O2. The van der Waals surface area contributed by atoms with Gasteiger partial charge >= 0.3 is 0 Å². The number of amides is 2. The highest BCUT2D eigenvalue weighted by Gasteiger charge is 2.16. The molecule has 5 heteroatoms. The van der Waals surface area contributed by atoms with Crippen LogP contribution in [-0.4, -0.2) is 30.8 Å². The van der Waals surface area contributed by atoms with Crippen molar-refractivity contribution in [3.63, 3.8) is 0 Å². The Bertz CT molecular complexity index is 722. The zero-order chi connectivity index (χ0) is 16.8. The Morgan fingerprint density at radius 1 is 1.00 bits per heavy atom. The number of carbonyl (C=O) groups is 2. The van der Waals surface area contributed by atoms with Crippen molar-refractivity contribution in [1.29, 1.82) is 0 Å². The van der Waals surface area contributed by atoms with Gasteiger partial charge in [-0.05, 0) is 35.9 Å². The zero-order valence-corrected chi connectivity index (χ0v) is 14.5. The van der Waals surface area contributed by atoms with Gasteiger partial charge in [0, 0.05) is 24.1 Å². The van der Waals surface area contributed by atoms with Crippen LogP contribution in [0, 0.1) is 0 Å². The molecule has 0 aliphatic heterocycles. The maximum Gasteiger partial charge on any atom is 0.269 e. The molecule has 0 saturated heterocycles. The molecule has 2 rings (SSSR count). The average molecular weight is 373 g/mol. The van der Waals surface area contributed by atoms with Gasteiger partial charge < -0.3 is 10.2 Å². The summed E-state index contributed by atoms with van der Waals surface area (Å²) in [6, 6.07) is 16.3. The number of nitrogens with one attached hydrogen (secondary N) is 1. The normalized spacial score (nSPS) is 11.0. The van der Waals surface area contributed by atoms with Crippen molar-refractivity contribution in [2.75, 3.05) is 14.1 Å². The third-order valence-electron chi connectivity index (χ3n) is 3.10. The van der Waals surface area contributed by atoms with E-state index in [-0.39, 0.29) is 17.5 Å². The molecule has 2 amide bonds. The van der Waals surface area contributed by atoms with Gasteiger partial charge in [-0.1, -0.05) is 46.3 Å². The summed E-state index contributed by atoms with van der Waals surface area (Å²) < 4.78 is 0.948. The van der Waals surface area contributed by atoms with Crippen LogP contribution in [0.2, 0.25) is 0 Å². The van der Waals surface area contributed by atoms with E-state index in [1.807, 2.05) is 30.3 Å². The van der Waals surface area contributed by atoms with E-state index < -0.39 is 0 Å². The third-order valence-corrected chi connectivity index (χ3v) is 3.63. The molecule has 0 fully saturated rings. The maximum absolute atomic E-state index is 12.3. The standard InChI is InChI=1S/C18H17BrN2O2/c1-21(2)18(23)16(12-13-8-10-15(19)11-9-13)20-17(22)14-6-4-3-5-7-14/h3-12H,1-2H3,(H,20,22). The quantitative estimate of drug-likeness (QED) is 0.836. The van der Waals surface area contributed by atoms with Gasteiger partial charge in [-0.3, -0.25) is 9.59 Å². The summed E-state index contributed by atoms with van der Waals surface area (Å²) in [4.78, 5) is 26.0. The van der Waals surface area contributed by atoms with Crippen molar-refractivity contribution in [3.05, 3.63) is 75.9 Å². The van der Waals surface area contributed by atoms with Gasteiger partial charge in [0.1, 0.15) is 5.70 Å². The number of hydrogen-bond donors (Lipinski definition) is 1. The number of hydrogen-bond acceptors (Lipinski definition) is 2. The summed E-state index contributed by atoms with van der Waals surface area (Å²) in [5.74, 6) is -0.582. The minimum Gasteiger partial charge on any atom is -0.344 e. The Kier molecular flexibility index (Phi) is 5.71. The summed E-state index contributed by atoms with van der Waals surface area (Å²) >= 11 is 3.37. The van der Waals surface area contributed by atoms with E-state index >= 15 is 0 Å².